The van der Waals surface area contributed by atoms with Gasteiger partial charge in [-0.1, -0.05) is 6.07 Å². The van der Waals surface area contributed by atoms with E-state index < -0.39 is 0 Å². The molecule has 1 unspecified atom stereocenters. The molecule has 0 bridgehead atoms. The van der Waals surface area contributed by atoms with Crippen molar-refractivity contribution in [3.05, 3.63) is 48.4 Å². The fourth-order valence-electron chi connectivity index (χ4n) is 2.37. The van der Waals surface area contributed by atoms with E-state index >= 15 is 0 Å². The number of rotatable bonds is 3. The number of anilines is 1. The Bertz CT molecular complexity index is 708. The molecule has 1 aliphatic rings. The Morgan fingerprint density at radius 1 is 1.42 bits per heavy atom. The molecule has 0 spiro atoms. The van der Waals surface area contributed by atoms with Crippen LogP contribution in [0.15, 0.2) is 42.6 Å². The zero-order valence-electron chi connectivity index (χ0n) is 13.2. The molecule has 1 aromatic carbocycles. The maximum atomic E-state index is 13.1. The van der Waals surface area contributed by atoms with Crippen molar-refractivity contribution < 1.29 is 18.7 Å². The summed E-state index contributed by atoms with van der Waals surface area (Å²) in [6.07, 6.45) is 1.53. The number of urea groups is 1. The molecular weight excluding hydrogens is 313 g/mol. The van der Waals surface area contributed by atoms with Crippen LogP contribution in [0.2, 0.25) is 0 Å². The Kier molecular flexibility index (Phi) is 4.90. The van der Waals surface area contributed by atoms with Crippen molar-refractivity contribution >= 4 is 11.7 Å². The number of nitrogens with zero attached hydrogens (tertiary/aromatic N) is 2. The van der Waals surface area contributed by atoms with E-state index in [4.69, 9.17) is 9.47 Å². The van der Waals surface area contributed by atoms with Crippen molar-refractivity contribution in [1.29, 1.82) is 0 Å². The molecule has 1 fully saturated rings. The standard InChI is InChI=1S/C17H18FN3O3/c1-12-11-21(7-8-23-12)17(22)20-14-5-6-16(19-10-14)24-15-4-2-3-13(18)9-15/h2-6,9-10,12H,7-8,11H2,1H3,(H,20,22). The Hall–Kier alpha value is -2.67. The second-order valence-corrected chi connectivity index (χ2v) is 5.50. The highest BCUT2D eigenvalue weighted by atomic mass is 19.1. The van der Waals surface area contributed by atoms with Crippen LogP contribution in [0.5, 0.6) is 11.6 Å². The zero-order chi connectivity index (χ0) is 16.9. The largest absolute Gasteiger partial charge is 0.439 e. The Morgan fingerprint density at radius 3 is 3.00 bits per heavy atom. The summed E-state index contributed by atoms with van der Waals surface area (Å²) in [6, 6.07) is 8.92. The molecule has 1 atom stereocenters. The third-order valence-electron chi connectivity index (χ3n) is 3.53. The van der Waals surface area contributed by atoms with Crippen molar-refractivity contribution in [2.24, 2.45) is 0 Å². The van der Waals surface area contributed by atoms with Crippen LogP contribution in [0, 0.1) is 5.82 Å². The van der Waals surface area contributed by atoms with Crippen molar-refractivity contribution in [3.8, 4) is 11.6 Å². The summed E-state index contributed by atoms with van der Waals surface area (Å²) < 4.78 is 24.0. The van der Waals surface area contributed by atoms with Crippen LogP contribution in [0.25, 0.3) is 0 Å². The highest BCUT2D eigenvalue weighted by Crippen LogP contribution is 2.21. The molecule has 6 nitrogen and oxygen atoms in total. The number of ether oxygens (including phenoxy) is 2. The molecule has 2 heterocycles. The van der Waals surface area contributed by atoms with Gasteiger partial charge in [0.25, 0.3) is 0 Å². The second kappa shape index (κ2) is 7.27. The lowest BCUT2D eigenvalue weighted by Crippen LogP contribution is -2.46. The Morgan fingerprint density at radius 2 is 2.29 bits per heavy atom. The van der Waals surface area contributed by atoms with Crippen LogP contribution < -0.4 is 10.1 Å². The van der Waals surface area contributed by atoms with Gasteiger partial charge in [-0.2, -0.15) is 0 Å². The Labute approximate surface area is 139 Å². The first kappa shape index (κ1) is 16.2. The molecule has 1 aliphatic heterocycles. The van der Waals surface area contributed by atoms with Crippen LogP contribution in [-0.4, -0.2) is 41.7 Å². The van der Waals surface area contributed by atoms with Crippen LogP contribution in [0.1, 0.15) is 6.92 Å². The number of hydrogen-bond acceptors (Lipinski definition) is 4. The maximum Gasteiger partial charge on any atom is 0.322 e. The van der Waals surface area contributed by atoms with E-state index in [1.807, 2.05) is 6.92 Å². The first-order valence-corrected chi connectivity index (χ1v) is 7.67. The molecule has 2 amide bonds. The van der Waals surface area contributed by atoms with Gasteiger partial charge in [0.1, 0.15) is 11.6 Å². The lowest BCUT2D eigenvalue weighted by atomic mass is 10.3. The van der Waals surface area contributed by atoms with Crippen molar-refractivity contribution in [3.63, 3.8) is 0 Å². The third-order valence-corrected chi connectivity index (χ3v) is 3.53. The quantitative estimate of drug-likeness (QED) is 0.937. The fraction of sp³-hybridized carbons (Fsp3) is 0.294. The summed E-state index contributed by atoms with van der Waals surface area (Å²) in [6.45, 7) is 3.58. The van der Waals surface area contributed by atoms with Crippen molar-refractivity contribution in [1.82, 2.24) is 9.88 Å². The van der Waals surface area contributed by atoms with E-state index in [9.17, 15) is 9.18 Å². The number of carbonyl (C=O) groups is 1. The first-order chi connectivity index (χ1) is 11.6. The minimum absolute atomic E-state index is 0.0321. The highest BCUT2D eigenvalue weighted by Gasteiger charge is 2.21. The van der Waals surface area contributed by atoms with Gasteiger partial charge >= 0.3 is 6.03 Å². The van der Waals surface area contributed by atoms with Gasteiger partial charge < -0.3 is 19.7 Å². The molecule has 0 radical (unpaired) electrons. The second-order valence-electron chi connectivity index (χ2n) is 5.50. The monoisotopic (exact) mass is 331 g/mol. The van der Waals surface area contributed by atoms with Gasteiger partial charge in [-0.15, -0.1) is 0 Å². The van der Waals surface area contributed by atoms with Gasteiger partial charge in [0.2, 0.25) is 5.88 Å². The summed E-state index contributed by atoms with van der Waals surface area (Å²) in [7, 11) is 0. The first-order valence-electron chi connectivity index (χ1n) is 7.67. The molecule has 2 aromatic rings. The van der Waals surface area contributed by atoms with Crippen LogP contribution in [-0.2, 0) is 4.74 Å². The van der Waals surface area contributed by atoms with Gasteiger partial charge in [0, 0.05) is 25.2 Å². The van der Waals surface area contributed by atoms with Gasteiger partial charge in [-0.3, -0.25) is 0 Å². The van der Waals surface area contributed by atoms with E-state index in [0.717, 1.165) is 0 Å². The molecule has 0 aliphatic carbocycles. The maximum absolute atomic E-state index is 13.1. The lowest BCUT2D eigenvalue weighted by molar-refractivity contribution is -0.00138. The summed E-state index contributed by atoms with van der Waals surface area (Å²) in [5.41, 5.74) is 0.561. The molecule has 126 valence electrons. The van der Waals surface area contributed by atoms with Gasteiger partial charge in [0.15, 0.2) is 0 Å². The fourth-order valence-corrected chi connectivity index (χ4v) is 2.37. The molecule has 7 heteroatoms. The van der Waals surface area contributed by atoms with E-state index in [1.165, 1.54) is 18.3 Å². The van der Waals surface area contributed by atoms with Crippen LogP contribution in [0.4, 0.5) is 14.9 Å². The summed E-state index contributed by atoms with van der Waals surface area (Å²) in [5, 5.41) is 2.79. The number of nitrogens with one attached hydrogen (secondary N) is 1. The predicted molar refractivity (Wildman–Crippen MR) is 86.7 cm³/mol. The van der Waals surface area contributed by atoms with Gasteiger partial charge in [0.05, 0.1) is 24.6 Å². The number of carbonyl (C=O) groups excluding carboxylic acids is 1. The molecule has 3 rings (SSSR count). The van der Waals surface area contributed by atoms with E-state index in [-0.39, 0.29) is 18.0 Å². The number of morpholine rings is 1. The topological polar surface area (TPSA) is 63.7 Å². The van der Waals surface area contributed by atoms with Crippen LogP contribution in [0.3, 0.4) is 0 Å². The molecule has 1 N–H and O–H groups in total. The normalized spacial score (nSPS) is 17.4. The zero-order valence-corrected chi connectivity index (χ0v) is 13.2. The van der Waals surface area contributed by atoms with Crippen molar-refractivity contribution in [2.75, 3.05) is 25.0 Å². The smallest absolute Gasteiger partial charge is 0.322 e. The average Bonchev–Trinajstić information content (AvgIpc) is 2.57. The minimum atomic E-state index is -0.379. The van der Waals surface area contributed by atoms with Crippen molar-refractivity contribution in [2.45, 2.75) is 13.0 Å². The lowest BCUT2D eigenvalue weighted by Gasteiger charge is -2.31. The molecular formula is C17H18FN3O3. The minimum Gasteiger partial charge on any atom is -0.439 e. The van der Waals surface area contributed by atoms with E-state index in [2.05, 4.69) is 10.3 Å². The van der Waals surface area contributed by atoms with Gasteiger partial charge in [-0.25, -0.2) is 14.2 Å². The Balaban J connectivity index is 1.59. The molecule has 24 heavy (non-hydrogen) atoms. The summed E-state index contributed by atoms with van der Waals surface area (Å²) in [5.74, 6) is 0.302. The third kappa shape index (κ3) is 4.20. The average molecular weight is 331 g/mol. The van der Waals surface area contributed by atoms with E-state index in [0.29, 0.717) is 37.0 Å². The number of benzene rings is 1. The SMILES string of the molecule is CC1CN(C(=O)Nc2ccc(Oc3cccc(F)c3)nc2)CCO1. The number of amides is 2. The molecule has 0 saturated carbocycles. The summed E-state index contributed by atoms with van der Waals surface area (Å²) in [4.78, 5) is 18.0. The highest BCUT2D eigenvalue weighted by molar-refractivity contribution is 5.89. The number of pyridine rings is 1. The van der Waals surface area contributed by atoms with Gasteiger partial charge in [-0.05, 0) is 25.1 Å². The number of hydrogen-bond donors (Lipinski definition) is 1. The van der Waals surface area contributed by atoms with Crippen LogP contribution >= 0.6 is 0 Å². The summed E-state index contributed by atoms with van der Waals surface area (Å²) >= 11 is 0. The predicted octanol–water partition coefficient (Wildman–Crippen LogP) is 3.27. The number of halogens is 1. The molecule has 1 saturated heterocycles. The van der Waals surface area contributed by atoms with E-state index in [1.54, 1.807) is 29.2 Å². The number of aromatic nitrogens is 1. The molecule has 1 aromatic heterocycles.